The molecule has 0 unspecified atom stereocenters. The van der Waals surface area contributed by atoms with Gasteiger partial charge >= 0.3 is 0 Å². The number of carbonyl (C=O) groups excluding carboxylic acids is 1. The molecule has 0 atom stereocenters. The predicted octanol–water partition coefficient (Wildman–Crippen LogP) is 3.51. The average Bonchev–Trinajstić information content (AvgIpc) is 3.08. The molecule has 2 aromatic carbocycles. The molecule has 0 bridgehead atoms. The molecule has 5 nitrogen and oxygen atoms in total. The second-order valence-electron chi connectivity index (χ2n) is 5.94. The quantitative estimate of drug-likeness (QED) is 0.671. The summed E-state index contributed by atoms with van der Waals surface area (Å²) >= 11 is 1.35. The molecule has 1 aliphatic rings. The van der Waals surface area contributed by atoms with Gasteiger partial charge in [0.1, 0.15) is 11.3 Å². The number of para-hydroxylation sites is 2. The molecule has 128 valence electrons. The number of ether oxygens (including phenoxy) is 1. The molecule has 3 aromatic rings. The van der Waals surface area contributed by atoms with Crippen LogP contribution in [-0.4, -0.2) is 35.2 Å². The molecule has 1 aliphatic heterocycles. The zero-order chi connectivity index (χ0) is 17.2. The van der Waals surface area contributed by atoms with E-state index in [2.05, 4.69) is 11.1 Å². The average molecular weight is 354 g/mol. The number of rotatable bonds is 4. The van der Waals surface area contributed by atoms with Crippen molar-refractivity contribution < 1.29 is 13.9 Å². The molecule has 0 fully saturated rings. The molecular weight excluding hydrogens is 336 g/mol. The highest BCUT2D eigenvalue weighted by atomic mass is 32.2. The van der Waals surface area contributed by atoms with Crippen molar-refractivity contribution in [2.24, 2.45) is 0 Å². The predicted molar refractivity (Wildman–Crippen MR) is 96.8 cm³/mol. The van der Waals surface area contributed by atoms with Gasteiger partial charge in [0, 0.05) is 13.1 Å². The smallest absolute Gasteiger partial charge is 0.257 e. The van der Waals surface area contributed by atoms with Crippen LogP contribution in [0.4, 0.5) is 0 Å². The van der Waals surface area contributed by atoms with Gasteiger partial charge in [-0.2, -0.15) is 0 Å². The van der Waals surface area contributed by atoms with Crippen molar-refractivity contribution in [3.8, 4) is 5.75 Å². The molecule has 2 heterocycles. The van der Waals surface area contributed by atoms with Crippen LogP contribution < -0.4 is 4.74 Å². The number of nitrogens with zero attached hydrogens (tertiary/aromatic N) is 2. The molecule has 6 heteroatoms. The SMILES string of the molecule is COc1ccc2c(c1)CCN(C(=O)CSc1nc3ccccc3o1)C2. The molecule has 1 aromatic heterocycles. The molecule has 0 radical (unpaired) electrons. The van der Waals surface area contributed by atoms with Crippen molar-refractivity contribution in [3.05, 3.63) is 53.6 Å². The lowest BCUT2D eigenvalue weighted by Crippen LogP contribution is -2.37. The van der Waals surface area contributed by atoms with Crippen LogP contribution in [0.1, 0.15) is 11.1 Å². The van der Waals surface area contributed by atoms with E-state index in [9.17, 15) is 4.79 Å². The van der Waals surface area contributed by atoms with E-state index in [-0.39, 0.29) is 5.91 Å². The van der Waals surface area contributed by atoms with Gasteiger partial charge in [0.05, 0.1) is 12.9 Å². The number of amides is 1. The molecule has 1 amide bonds. The Morgan fingerprint density at radius 3 is 3.00 bits per heavy atom. The number of aromatic nitrogens is 1. The van der Waals surface area contributed by atoms with Crippen molar-refractivity contribution in [2.45, 2.75) is 18.2 Å². The summed E-state index contributed by atoms with van der Waals surface area (Å²) in [5, 5.41) is 0.539. The fourth-order valence-electron chi connectivity index (χ4n) is 3.00. The van der Waals surface area contributed by atoms with E-state index in [4.69, 9.17) is 9.15 Å². The lowest BCUT2D eigenvalue weighted by Gasteiger charge is -2.29. The maximum absolute atomic E-state index is 12.5. The number of hydrogen-bond acceptors (Lipinski definition) is 5. The largest absolute Gasteiger partial charge is 0.497 e. The zero-order valence-corrected chi connectivity index (χ0v) is 14.7. The maximum Gasteiger partial charge on any atom is 0.257 e. The van der Waals surface area contributed by atoms with Crippen molar-refractivity contribution in [1.82, 2.24) is 9.88 Å². The van der Waals surface area contributed by atoms with Gasteiger partial charge in [0.15, 0.2) is 5.58 Å². The minimum Gasteiger partial charge on any atom is -0.497 e. The highest BCUT2D eigenvalue weighted by Gasteiger charge is 2.21. The first-order chi connectivity index (χ1) is 12.2. The summed E-state index contributed by atoms with van der Waals surface area (Å²) in [6.45, 7) is 1.37. The Morgan fingerprint density at radius 2 is 2.16 bits per heavy atom. The van der Waals surface area contributed by atoms with Gasteiger partial charge in [-0.25, -0.2) is 4.98 Å². The van der Waals surface area contributed by atoms with E-state index in [0.717, 1.165) is 29.8 Å². The van der Waals surface area contributed by atoms with Crippen LogP contribution >= 0.6 is 11.8 Å². The van der Waals surface area contributed by atoms with Crippen LogP contribution in [0.3, 0.4) is 0 Å². The summed E-state index contributed by atoms with van der Waals surface area (Å²) in [6, 6.07) is 13.7. The van der Waals surface area contributed by atoms with Crippen molar-refractivity contribution in [2.75, 3.05) is 19.4 Å². The number of benzene rings is 2. The molecule has 4 rings (SSSR count). The normalized spacial score (nSPS) is 13.7. The summed E-state index contributed by atoms with van der Waals surface area (Å²) in [6.07, 6.45) is 0.853. The van der Waals surface area contributed by atoms with E-state index in [1.54, 1.807) is 7.11 Å². The minimum atomic E-state index is 0.105. The topological polar surface area (TPSA) is 55.6 Å². The zero-order valence-electron chi connectivity index (χ0n) is 13.9. The third kappa shape index (κ3) is 3.35. The molecule has 0 aliphatic carbocycles. The van der Waals surface area contributed by atoms with Gasteiger partial charge in [-0.1, -0.05) is 30.0 Å². The van der Waals surface area contributed by atoms with Crippen LogP contribution in [0, 0.1) is 0 Å². The fraction of sp³-hybridized carbons (Fsp3) is 0.263. The Morgan fingerprint density at radius 1 is 1.28 bits per heavy atom. The Labute approximate surface area is 150 Å². The summed E-state index contributed by atoms with van der Waals surface area (Å²) < 4.78 is 10.9. The third-order valence-electron chi connectivity index (χ3n) is 4.37. The van der Waals surface area contributed by atoms with Crippen molar-refractivity contribution in [1.29, 1.82) is 0 Å². The molecule has 0 spiro atoms. The molecule has 0 N–H and O–H groups in total. The third-order valence-corrected chi connectivity index (χ3v) is 5.18. The lowest BCUT2D eigenvalue weighted by molar-refractivity contribution is -0.129. The molecule has 0 saturated carbocycles. The van der Waals surface area contributed by atoms with Gasteiger partial charge in [-0.3, -0.25) is 4.79 Å². The first-order valence-electron chi connectivity index (χ1n) is 8.15. The van der Waals surface area contributed by atoms with Gasteiger partial charge in [0.2, 0.25) is 5.91 Å². The number of carbonyl (C=O) groups is 1. The fourth-order valence-corrected chi connectivity index (χ4v) is 3.74. The van der Waals surface area contributed by atoms with Crippen LogP contribution in [0.2, 0.25) is 0 Å². The van der Waals surface area contributed by atoms with E-state index < -0.39 is 0 Å². The highest BCUT2D eigenvalue weighted by molar-refractivity contribution is 7.99. The number of fused-ring (bicyclic) bond motifs is 2. The summed E-state index contributed by atoms with van der Waals surface area (Å²) in [5.74, 6) is 1.30. The first kappa shape index (κ1) is 16.0. The number of hydrogen-bond donors (Lipinski definition) is 0. The minimum absolute atomic E-state index is 0.105. The van der Waals surface area contributed by atoms with Crippen LogP contribution in [-0.2, 0) is 17.8 Å². The summed E-state index contributed by atoms with van der Waals surface area (Å²) in [7, 11) is 1.67. The summed E-state index contributed by atoms with van der Waals surface area (Å²) in [5.41, 5.74) is 4.01. The van der Waals surface area contributed by atoms with Gasteiger partial charge in [-0.15, -0.1) is 0 Å². The Hall–Kier alpha value is -2.47. The Bertz CT molecular complexity index is 889. The Kier molecular flexibility index (Phi) is 4.36. The van der Waals surface area contributed by atoms with Gasteiger partial charge < -0.3 is 14.1 Å². The molecule has 0 saturated heterocycles. The first-order valence-corrected chi connectivity index (χ1v) is 9.13. The van der Waals surface area contributed by atoms with E-state index >= 15 is 0 Å². The summed E-state index contributed by atoms with van der Waals surface area (Å²) in [4.78, 5) is 18.8. The van der Waals surface area contributed by atoms with Gasteiger partial charge in [0.25, 0.3) is 5.22 Å². The second-order valence-corrected chi connectivity index (χ2v) is 6.86. The molecular formula is C19H18N2O3S. The van der Waals surface area contributed by atoms with Crippen LogP contribution in [0.5, 0.6) is 5.75 Å². The second kappa shape index (κ2) is 6.80. The maximum atomic E-state index is 12.5. The van der Waals surface area contributed by atoms with Crippen LogP contribution in [0.15, 0.2) is 52.1 Å². The van der Waals surface area contributed by atoms with E-state index in [1.165, 1.54) is 22.9 Å². The Balaban J connectivity index is 1.39. The monoisotopic (exact) mass is 354 g/mol. The lowest BCUT2D eigenvalue weighted by atomic mass is 9.99. The number of oxazole rings is 1. The molecule has 25 heavy (non-hydrogen) atoms. The van der Waals surface area contributed by atoms with Crippen LogP contribution in [0.25, 0.3) is 11.1 Å². The number of methoxy groups -OCH3 is 1. The van der Waals surface area contributed by atoms with Crippen molar-refractivity contribution in [3.63, 3.8) is 0 Å². The van der Waals surface area contributed by atoms with E-state index in [0.29, 0.717) is 17.5 Å². The standard InChI is InChI=1S/C19H18N2O3S/c1-23-15-7-6-14-11-21(9-8-13(14)10-15)18(22)12-25-19-20-16-4-2-3-5-17(16)24-19/h2-7,10H,8-9,11-12H2,1H3. The highest BCUT2D eigenvalue weighted by Crippen LogP contribution is 2.26. The number of thioether (sulfide) groups is 1. The van der Waals surface area contributed by atoms with E-state index in [1.807, 2.05) is 41.3 Å². The van der Waals surface area contributed by atoms with Gasteiger partial charge in [-0.05, 0) is 41.8 Å². The van der Waals surface area contributed by atoms with Crippen molar-refractivity contribution >= 4 is 28.8 Å².